The number of carbonyl (C=O) groups excluding carboxylic acids is 2. The third-order valence-corrected chi connectivity index (χ3v) is 7.52. The number of nitrogens with one attached hydrogen (secondary N) is 1. The number of hydrogen-bond acceptors (Lipinski definition) is 7. The van der Waals surface area contributed by atoms with Gasteiger partial charge in [0.2, 0.25) is 11.8 Å². The summed E-state index contributed by atoms with van der Waals surface area (Å²) in [4.78, 5) is 36.3. The molecule has 0 aliphatic heterocycles. The van der Waals surface area contributed by atoms with Crippen molar-refractivity contribution >= 4 is 40.6 Å². The fraction of sp³-hybridized carbons (Fsp3) is 0.267. The van der Waals surface area contributed by atoms with E-state index in [1.54, 1.807) is 29.0 Å². The molecule has 12 heteroatoms. The zero-order chi connectivity index (χ0) is 30.3. The molecule has 0 saturated carbocycles. The first kappa shape index (κ1) is 29.3. The van der Waals surface area contributed by atoms with Crippen LogP contribution in [0.2, 0.25) is 10.0 Å². The molecule has 2 aromatic heterocycles. The summed E-state index contributed by atoms with van der Waals surface area (Å²) in [7, 11) is 4.27. The normalized spacial score (nSPS) is 14.2. The third kappa shape index (κ3) is 5.16. The highest BCUT2D eigenvalue weighted by Crippen LogP contribution is 2.45. The average molecular weight is 613 g/mol. The van der Waals surface area contributed by atoms with Gasteiger partial charge in [0.1, 0.15) is 11.6 Å². The minimum Gasteiger partial charge on any atom is -0.479 e. The van der Waals surface area contributed by atoms with Gasteiger partial charge < -0.3 is 24.1 Å². The summed E-state index contributed by atoms with van der Waals surface area (Å²) in [5, 5.41) is 3.37. The lowest BCUT2D eigenvalue weighted by Crippen LogP contribution is -2.19. The van der Waals surface area contributed by atoms with Crippen molar-refractivity contribution in [3.8, 4) is 23.5 Å². The number of hydrogen-bond donors (Lipinski definition) is 1. The van der Waals surface area contributed by atoms with E-state index in [-0.39, 0.29) is 52.2 Å². The van der Waals surface area contributed by atoms with Gasteiger partial charge in [0.15, 0.2) is 5.69 Å². The first-order chi connectivity index (χ1) is 20.1. The van der Waals surface area contributed by atoms with Crippen LogP contribution in [0.1, 0.15) is 58.4 Å². The second-order valence-corrected chi connectivity index (χ2v) is 10.8. The highest BCUT2D eigenvalue weighted by Gasteiger charge is 2.39. The lowest BCUT2D eigenvalue weighted by molar-refractivity contribution is -0.118. The number of aromatic nitrogens is 3. The van der Waals surface area contributed by atoms with Gasteiger partial charge in [-0.1, -0.05) is 43.1 Å². The SMILES string of the molecule is COc1nc(OC)c(-n2cc(C(=O)Nc3cc(Cl)ccc3F)c(C3C(=O)Cc4cc(Cl)ccc43)c2C(C)C)c(OC)n1. The number of amides is 1. The number of ether oxygens (including phenoxy) is 3. The van der Waals surface area contributed by atoms with Crippen LogP contribution in [-0.2, 0) is 11.2 Å². The van der Waals surface area contributed by atoms with E-state index in [0.29, 0.717) is 22.0 Å². The highest BCUT2D eigenvalue weighted by atomic mass is 35.5. The van der Waals surface area contributed by atoms with E-state index >= 15 is 0 Å². The molecule has 42 heavy (non-hydrogen) atoms. The molecule has 0 radical (unpaired) electrons. The van der Waals surface area contributed by atoms with Crippen LogP contribution in [0.25, 0.3) is 5.69 Å². The van der Waals surface area contributed by atoms with Crippen molar-refractivity contribution in [3.05, 3.63) is 86.4 Å². The molecular weight excluding hydrogens is 586 g/mol. The molecule has 218 valence electrons. The van der Waals surface area contributed by atoms with Crippen molar-refractivity contribution in [2.75, 3.05) is 26.6 Å². The average Bonchev–Trinajstić information content (AvgIpc) is 3.50. The van der Waals surface area contributed by atoms with Gasteiger partial charge in [-0.25, -0.2) is 4.39 Å². The van der Waals surface area contributed by atoms with Crippen molar-refractivity contribution in [1.29, 1.82) is 0 Å². The summed E-state index contributed by atoms with van der Waals surface area (Å²) in [6, 6.07) is 9.13. The van der Waals surface area contributed by atoms with E-state index in [4.69, 9.17) is 37.4 Å². The number of methoxy groups -OCH3 is 3. The predicted octanol–water partition coefficient (Wildman–Crippen LogP) is 6.37. The number of rotatable bonds is 8. The molecule has 9 nitrogen and oxygen atoms in total. The Morgan fingerprint density at radius 3 is 2.29 bits per heavy atom. The van der Waals surface area contributed by atoms with E-state index in [1.165, 1.54) is 33.5 Å². The van der Waals surface area contributed by atoms with Gasteiger partial charge in [0, 0.05) is 33.9 Å². The number of fused-ring (bicyclic) bond motifs is 1. The van der Waals surface area contributed by atoms with Crippen LogP contribution < -0.4 is 19.5 Å². The molecule has 5 rings (SSSR count). The fourth-order valence-electron chi connectivity index (χ4n) is 5.34. The van der Waals surface area contributed by atoms with Gasteiger partial charge >= 0.3 is 6.01 Å². The van der Waals surface area contributed by atoms with E-state index in [1.807, 2.05) is 13.8 Å². The molecule has 4 aromatic rings. The number of anilines is 1. The summed E-state index contributed by atoms with van der Waals surface area (Å²) in [6.45, 7) is 3.86. The van der Waals surface area contributed by atoms with Crippen LogP contribution >= 0.6 is 23.2 Å². The van der Waals surface area contributed by atoms with Crippen molar-refractivity contribution < 1.29 is 28.2 Å². The van der Waals surface area contributed by atoms with E-state index in [9.17, 15) is 14.0 Å². The topological polar surface area (TPSA) is 105 Å². The minimum absolute atomic E-state index is 0.0112. The van der Waals surface area contributed by atoms with Crippen LogP contribution in [0.3, 0.4) is 0 Å². The molecule has 2 aromatic carbocycles. The lowest BCUT2D eigenvalue weighted by atomic mass is 9.86. The molecule has 1 amide bonds. The van der Waals surface area contributed by atoms with Crippen LogP contribution in [0.4, 0.5) is 10.1 Å². The Bertz CT molecular complexity index is 1700. The van der Waals surface area contributed by atoms with Crippen molar-refractivity contribution in [2.45, 2.75) is 32.1 Å². The lowest BCUT2D eigenvalue weighted by Gasteiger charge is -2.21. The third-order valence-electron chi connectivity index (χ3n) is 7.05. The van der Waals surface area contributed by atoms with Crippen LogP contribution in [-0.4, -0.2) is 47.6 Å². The predicted molar refractivity (Wildman–Crippen MR) is 156 cm³/mol. The van der Waals surface area contributed by atoms with Gasteiger partial charge in [-0.2, -0.15) is 9.97 Å². The summed E-state index contributed by atoms with van der Waals surface area (Å²) in [6.07, 6.45) is 1.70. The number of Topliss-reactive ketones (excluding diaryl/α,β-unsaturated/α-hetero) is 1. The molecule has 1 unspecified atom stereocenters. The smallest absolute Gasteiger partial charge is 0.322 e. The first-order valence-corrected chi connectivity index (χ1v) is 13.7. The molecule has 0 saturated heterocycles. The fourth-order valence-corrected chi connectivity index (χ4v) is 5.71. The highest BCUT2D eigenvalue weighted by molar-refractivity contribution is 6.31. The van der Waals surface area contributed by atoms with Crippen LogP contribution in [0.5, 0.6) is 17.8 Å². The Hall–Kier alpha value is -4.15. The van der Waals surface area contributed by atoms with Crippen LogP contribution in [0, 0.1) is 5.82 Å². The number of nitrogens with zero attached hydrogens (tertiary/aromatic N) is 3. The van der Waals surface area contributed by atoms with Gasteiger partial charge in [-0.15, -0.1) is 0 Å². The monoisotopic (exact) mass is 612 g/mol. The largest absolute Gasteiger partial charge is 0.479 e. The summed E-state index contributed by atoms with van der Waals surface area (Å²) in [5.74, 6) is -2.22. The molecule has 1 atom stereocenters. The quantitative estimate of drug-likeness (QED) is 0.246. The van der Waals surface area contributed by atoms with Crippen molar-refractivity contribution in [3.63, 3.8) is 0 Å². The van der Waals surface area contributed by atoms with Crippen molar-refractivity contribution in [1.82, 2.24) is 14.5 Å². The molecule has 1 N–H and O–H groups in total. The maximum atomic E-state index is 14.7. The Balaban J connectivity index is 1.81. The molecule has 1 aliphatic rings. The number of halogens is 3. The van der Waals surface area contributed by atoms with E-state index in [2.05, 4.69) is 15.3 Å². The maximum absolute atomic E-state index is 14.7. The summed E-state index contributed by atoms with van der Waals surface area (Å²) >= 11 is 12.3. The summed E-state index contributed by atoms with van der Waals surface area (Å²) in [5.41, 5.74) is 2.89. The number of ketones is 1. The Morgan fingerprint density at radius 2 is 1.67 bits per heavy atom. The van der Waals surface area contributed by atoms with Gasteiger partial charge in [0.05, 0.1) is 38.5 Å². The Kier molecular flexibility index (Phi) is 8.12. The van der Waals surface area contributed by atoms with E-state index < -0.39 is 17.6 Å². The zero-order valence-electron chi connectivity index (χ0n) is 23.4. The molecule has 1 aliphatic carbocycles. The summed E-state index contributed by atoms with van der Waals surface area (Å²) < 4.78 is 32.8. The maximum Gasteiger partial charge on any atom is 0.322 e. The molecule has 0 spiro atoms. The minimum atomic E-state index is -0.794. The zero-order valence-corrected chi connectivity index (χ0v) is 24.9. The van der Waals surface area contributed by atoms with E-state index in [0.717, 1.165) is 17.2 Å². The molecular formula is C30H27Cl2FN4O5. The Morgan fingerprint density at radius 1 is 1.02 bits per heavy atom. The second kappa shape index (κ2) is 11.6. The van der Waals surface area contributed by atoms with Crippen molar-refractivity contribution in [2.24, 2.45) is 0 Å². The van der Waals surface area contributed by atoms with Gasteiger partial charge in [-0.3, -0.25) is 9.59 Å². The van der Waals surface area contributed by atoms with Gasteiger partial charge in [-0.05, 0) is 47.4 Å². The number of carbonyl (C=O) groups is 2. The molecule has 0 fully saturated rings. The molecule has 2 heterocycles. The van der Waals surface area contributed by atoms with Crippen LogP contribution in [0.15, 0.2) is 42.6 Å². The standard InChI is InChI=1S/C30H27Cl2FN4O5/c1-14(2)25-24(23-18-8-6-16(31)10-15(18)11-22(23)38)19(27(39)34-21-12-17(32)7-9-20(21)33)13-37(25)26-28(40-3)35-30(42-5)36-29(26)41-4/h6-10,12-14,23H,11H2,1-5H3,(H,34,39). The first-order valence-electron chi connectivity index (χ1n) is 12.9. The second-order valence-electron chi connectivity index (χ2n) is 9.94. The Labute approximate surface area is 251 Å². The number of benzene rings is 2. The van der Waals surface area contributed by atoms with Gasteiger partial charge in [0.25, 0.3) is 5.91 Å². The molecule has 0 bridgehead atoms.